The quantitative estimate of drug-likeness (QED) is 0.647. The summed E-state index contributed by atoms with van der Waals surface area (Å²) in [6.07, 6.45) is 3.89. The summed E-state index contributed by atoms with van der Waals surface area (Å²) >= 11 is 0. The molecule has 5 nitrogen and oxygen atoms in total. The van der Waals surface area contributed by atoms with E-state index in [1.807, 2.05) is 0 Å². The summed E-state index contributed by atoms with van der Waals surface area (Å²) in [6, 6.07) is 1.11. The van der Waals surface area contributed by atoms with Gasteiger partial charge in [0.15, 0.2) is 5.69 Å². The van der Waals surface area contributed by atoms with Gasteiger partial charge in [-0.05, 0) is 31.7 Å². The minimum absolute atomic E-state index is 0.216. The van der Waals surface area contributed by atoms with Gasteiger partial charge in [0.25, 0.3) is 0 Å². The van der Waals surface area contributed by atoms with Crippen LogP contribution in [0.1, 0.15) is 34.6 Å². The summed E-state index contributed by atoms with van der Waals surface area (Å²) in [4.78, 5) is 11.2. The highest BCUT2D eigenvalue weighted by molar-refractivity contribution is 6.76. The molecule has 2 rings (SSSR count). The normalized spacial score (nSPS) is 15.2. The maximum Gasteiger partial charge on any atom is 0.356 e. The Bertz CT molecular complexity index is 491. The zero-order chi connectivity index (χ0) is 14.8. The van der Waals surface area contributed by atoms with Gasteiger partial charge in [-0.25, -0.2) is 9.48 Å². The molecule has 0 fully saturated rings. The van der Waals surface area contributed by atoms with E-state index in [0.717, 1.165) is 49.6 Å². The molecule has 0 aliphatic heterocycles. The number of hydrogen-bond donors (Lipinski definition) is 1. The van der Waals surface area contributed by atoms with Crippen molar-refractivity contribution in [2.75, 3.05) is 6.61 Å². The van der Waals surface area contributed by atoms with Crippen LogP contribution in [0.5, 0.6) is 0 Å². The molecule has 0 atom stereocenters. The van der Waals surface area contributed by atoms with E-state index in [1.54, 1.807) is 4.68 Å². The van der Waals surface area contributed by atoms with Crippen LogP contribution in [0.2, 0.25) is 25.7 Å². The maximum absolute atomic E-state index is 11.2. The molecule has 1 aliphatic carbocycles. The van der Waals surface area contributed by atoms with Crippen molar-refractivity contribution in [2.45, 2.75) is 58.1 Å². The first-order valence-electron chi connectivity index (χ1n) is 7.28. The zero-order valence-corrected chi connectivity index (χ0v) is 13.6. The van der Waals surface area contributed by atoms with Gasteiger partial charge in [-0.15, -0.1) is 0 Å². The van der Waals surface area contributed by atoms with Crippen LogP contribution in [0.3, 0.4) is 0 Å². The molecule has 0 bridgehead atoms. The Morgan fingerprint density at radius 3 is 2.70 bits per heavy atom. The van der Waals surface area contributed by atoms with E-state index < -0.39 is 14.0 Å². The first kappa shape index (κ1) is 15.2. The van der Waals surface area contributed by atoms with Gasteiger partial charge >= 0.3 is 5.97 Å². The second kappa shape index (κ2) is 6.09. The van der Waals surface area contributed by atoms with E-state index in [9.17, 15) is 9.90 Å². The Morgan fingerprint density at radius 2 is 2.05 bits per heavy atom. The number of rotatable bonds is 6. The molecule has 0 unspecified atom stereocenters. The second-order valence-electron chi connectivity index (χ2n) is 6.63. The number of carboxylic acid groups (broad SMARTS) is 1. The van der Waals surface area contributed by atoms with Crippen LogP contribution in [0.4, 0.5) is 0 Å². The van der Waals surface area contributed by atoms with Crippen LogP contribution in [0.15, 0.2) is 0 Å². The fourth-order valence-electron chi connectivity index (χ4n) is 2.48. The molecule has 1 N–H and O–H groups in total. The number of aromatic nitrogens is 2. The van der Waals surface area contributed by atoms with Crippen LogP contribution in [-0.2, 0) is 24.3 Å². The number of aromatic carboxylic acids is 1. The lowest BCUT2D eigenvalue weighted by molar-refractivity contribution is 0.0668. The van der Waals surface area contributed by atoms with Crippen molar-refractivity contribution < 1.29 is 14.6 Å². The fraction of sp³-hybridized carbons (Fsp3) is 0.714. The van der Waals surface area contributed by atoms with Gasteiger partial charge in [0, 0.05) is 25.9 Å². The van der Waals surface area contributed by atoms with Gasteiger partial charge in [-0.3, -0.25) is 0 Å². The van der Waals surface area contributed by atoms with Crippen LogP contribution < -0.4 is 0 Å². The van der Waals surface area contributed by atoms with Crippen molar-refractivity contribution in [1.82, 2.24) is 9.78 Å². The number of nitrogens with zero attached hydrogens (tertiary/aromatic N) is 2. The smallest absolute Gasteiger partial charge is 0.356 e. The molecule has 0 spiro atoms. The molecule has 1 aliphatic rings. The summed E-state index contributed by atoms with van der Waals surface area (Å²) in [7, 11) is -1.09. The predicted molar refractivity (Wildman–Crippen MR) is 79.9 cm³/mol. The molecule has 1 aromatic rings. The van der Waals surface area contributed by atoms with Crippen molar-refractivity contribution in [3.05, 3.63) is 17.0 Å². The topological polar surface area (TPSA) is 64.4 Å². The molecule has 112 valence electrons. The van der Waals surface area contributed by atoms with Crippen LogP contribution in [-0.4, -0.2) is 35.5 Å². The summed E-state index contributed by atoms with van der Waals surface area (Å²) < 4.78 is 7.45. The van der Waals surface area contributed by atoms with E-state index in [0.29, 0.717) is 6.73 Å². The molecule has 0 amide bonds. The van der Waals surface area contributed by atoms with E-state index >= 15 is 0 Å². The highest BCUT2D eigenvalue weighted by Gasteiger charge is 2.24. The lowest BCUT2D eigenvalue weighted by atomic mass is 9.96. The standard InChI is InChI=1S/C14H24N2O3Si/c1-20(2,3)9-8-19-10-16-12-7-5-4-6-11(12)13(15-16)14(17)18/h4-10H2,1-3H3,(H,17,18). The summed E-state index contributed by atoms with van der Waals surface area (Å²) in [5, 5.41) is 13.5. The fourth-order valence-corrected chi connectivity index (χ4v) is 3.24. The van der Waals surface area contributed by atoms with Gasteiger partial charge in [0.2, 0.25) is 0 Å². The van der Waals surface area contributed by atoms with Crippen molar-refractivity contribution in [1.29, 1.82) is 0 Å². The molecule has 20 heavy (non-hydrogen) atoms. The van der Waals surface area contributed by atoms with Gasteiger partial charge < -0.3 is 9.84 Å². The molecule has 0 radical (unpaired) electrons. The molecule has 0 saturated carbocycles. The first-order chi connectivity index (χ1) is 9.38. The van der Waals surface area contributed by atoms with E-state index in [2.05, 4.69) is 24.7 Å². The summed E-state index contributed by atoms with van der Waals surface area (Å²) in [5.41, 5.74) is 2.19. The number of ether oxygens (including phenoxy) is 1. The third-order valence-corrected chi connectivity index (χ3v) is 5.37. The molecule has 0 saturated heterocycles. The molecule has 0 aromatic carbocycles. The zero-order valence-electron chi connectivity index (χ0n) is 12.6. The van der Waals surface area contributed by atoms with Crippen molar-refractivity contribution in [3.8, 4) is 0 Å². The molecule has 1 aromatic heterocycles. The molecular weight excluding hydrogens is 272 g/mol. The average Bonchev–Trinajstić information content (AvgIpc) is 2.73. The Hall–Kier alpha value is -1.14. The lowest BCUT2D eigenvalue weighted by Crippen LogP contribution is -2.22. The SMILES string of the molecule is C[Si](C)(C)CCOCn1nc(C(=O)O)c2c1CCCC2. The minimum Gasteiger partial charge on any atom is -0.476 e. The van der Waals surface area contributed by atoms with Crippen LogP contribution >= 0.6 is 0 Å². The van der Waals surface area contributed by atoms with Crippen LogP contribution in [0, 0.1) is 0 Å². The maximum atomic E-state index is 11.2. The number of carboxylic acids is 1. The largest absolute Gasteiger partial charge is 0.476 e. The molecule has 6 heteroatoms. The lowest BCUT2D eigenvalue weighted by Gasteiger charge is -2.17. The van der Waals surface area contributed by atoms with Gasteiger partial charge in [0.05, 0.1) is 0 Å². The Morgan fingerprint density at radius 1 is 1.35 bits per heavy atom. The third-order valence-electron chi connectivity index (χ3n) is 3.67. The predicted octanol–water partition coefficient (Wildman–Crippen LogP) is 2.77. The van der Waals surface area contributed by atoms with E-state index in [4.69, 9.17) is 4.74 Å². The Balaban J connectivity index is 2.03. The van der Waals surface area contributed by atoms with Gasteiger partial charge in [-0.2, -0.15) is 5.10 Å². The highest BCUT2D eigenvalue weighted by Crippen LogP contribution is 2.24. The first-order valence-corrected chi connectivity index (χ1v) is 11.0. The van der Waals surface area contributed by atoms with Gasteiger partial charge in [-0.1, -0.05) is 19.6 Å². The Kier molecular flexibility index (Phi) is 4.65. The Labute approximate surface area is 120 Å². The summed E-state index contributed by atoms with van der Waals surface area (Å²) in [5.74, 6) is -0.927. The monoisotopic (exact) mass is 296 g/mol. The average molecular weight is 296 g/mol. The molecular formula is C14H24N2O3Si. The number of carbonyl (C=O) groups is 1. The van der Waals surface area contributed by atoms with Gasteiger partial charge in [0.1, 0.15) is 6.73 Å². The number of fused-ring (bicyclic) bond motifs is 1. The van der Waals surface area contributed by atoms with Crippen molar-refractivity contribution in [2.24, 2.45) is 0 Å². The summed E-state index contributed by atoms with van der Waals surface area (Å²) in [6.45, 7) is 8.05. The minimum atomic E-state index is -1.09. The number of hydrogen-bond acceptors (Lipinski definition) is 3. The van der Waals surface area contributed by atoms with Crippen molar-refractivity contribution >= 4 is 14.0 Å². The van der Waals surface area contributed by atoms with E-state index in [-0.39, 0.29) is 5.69 Å². The second-order valence-corrected chi connectivity index (χ2v) is 12.3. The van der Waals surface area contributed by atoms with Crippen LogP contribution in [0.25, 0.3) is 0 Å². The van der Waals surface area contributed by atoms with E-state index in [1.165, 1.54) is 0 Å². The highest BCUT2D eigenvalue weighted by atomic mass is 28.3. The third kappa shape index (κ3) is 3.70. The molecule has 1 heterocycles. The van der Waals surface area contributed by atoms with Crippen molar-refractivity contribution in [3.63, 3.8) is 0 Å².